The maximum absolute atomic E-state index is 12.2. The molecule has 26 heavy (non-hydrogen) atoms. The molecular weight excluding hydrogens is 384 g/mol. The largest absolute Gasteiger partial charge is 0.477 e. The van der Waals surface area contributed by atoms with Crippen LogP contribution in [-0.2, 0) is 19.8 Å². The molecule has 10 nitrogen and oxygen atoms in total. The van der Waals surface area contributed by atoms with E-state index in [0.717, 1.165) is 0 Å². The van der Waals surface area contributed by atoms with E-state index in [4.69, 9.17) is 5.14 Å². The van der Waals surface area contributed by atoms with Crippen LogP contribution in [0.5, 0.6) is 0 Å². The summed E-state index contributed by atoms with van der Waals surface area (Å²) in [4.78, 5) is 25.7. The molecule has 0 saturated carbocycles. The van der Waals surface area contributed by atoms with E-state index in [1.54, 1.807) is 0 Å². The molecule has 0 aromatic carbocycles. The summed E-state index contributed by atoms with van der Waals surface area (Å²) in [5.41, 5.74) is 0.00742. The lowest BCUT2D eigenvalue weighted by Crippen LogP contribution is -2.61. The Hall–Kier alpha value is -1.18. The number of hydrogen-bond donors (Lipinski definition) is 5. The van der Waals surface area contributed by atoms with Crippen LogP contribution in [0.3, 0.4) is 0 Å². The van der Waals surface area contributed by atoms with Gasteiger partial charge in [-0.05, 0) is 13.3 Å². The Morgan fingerprint density at radius 3 is 2.81 bits per heavy atom. The zero-order valence-corrected chi connectivity index (χ0v) is 15.7. The average Bonchev–Trinajstić information content (AvgIpc) is 3.07. The van der Waals surface area contributed by atoms with Gasteiger partial charge in [0, 0.05) is 35.7 Å². The van der Waals surface area contributed by atoms with Crippen molar-refractivity contribution in [2.75, 3.05) is 13.1 Å². The maximum atomic E-state index is 12.2. The van der Waals surface area contributed by atoms with Gasteiger partial charge in [0.25, 0.3) is 10.2 Å². The maximum Gasteiger partial charge on any atom is 0.353 e. The van der Waals surface area contributed by atoms with Crippen molar-refractivity contribution < 1.29 is 28.2 Å². The van der Waals surface area contributed by atoms with Gasteiger partial charge in [0.15, 0.2) is 0 Å². The normalized spacial score (nSPS) is 32.6. The van der Waals surface area contributed by atoms with Gasteiger partial charge < -0.3 is 20.4 Å². The number of fused-ring (bicyclic) bond motifs is 1. The number of aliphatic hydroxyl groups excluding tert-OH is 1. The summed E-state index contributed by atoms with van der Waals surface area (Å²) in [7, 11) is -3.75. The highest BCUT2D eigenvalue weighted by molar-refractivity contribution is 8.03. The van der Waals surface area contributed by atoms with E-state index in [1.165, 1.54) is 23.6 Å². The first kappa shape index (κ1) is 19.6. The summed E-state index contributed by atoms with van der Waals surface area (Å²) in [5.74, 6) is -2.06. The highest BCUT2D eigenvalue weighted by atomic mass is 32.2. The lowest BCUT2D eigenvalue weighted by molar-refractivity contribution is -0.161. The number of carbonyl (C=O) groups excluding carboxylic acids is 1. The Balaban J connectivity index is 1.65. The summed E-state index contributed by atoms with van der Waals surface area (Å²) in [5, 5.41) is 27.4. The van der Waals surface area contributed by atoms with Crippen LogP contribution in [0.2, 0.25) is 0 Å². The van der Waals surface area contributed by atoms with Gasteiger partial charge in [0.2, 0.25) is 5.91 Å². The monoisotopic (exact) mass is 406 g/mol. The van der Waals surface area contributed by atoms with Crippen molar-refractivity contribution in [2.45, 2.75) is 43.2 Å². The minimum atomic E-state index is -3.75. The summed E-state index contributed by atoms with van der Waals surface area (Å²) in [6.07, 6.45) is 0.247. The number of carboxylic acids is 1. The minimum Gasteiger partial charge on any atom is -0.477 e. The van der Waals surface area contributed by atoms with E-state index in [0.29, 0.717) is 24.3 Å². The van der Waals surface area contributed by atoms with E-state index in [-0.39, 0.29) is 35.5 Å². The Morgan fingerprint density at radius 2 is 2.23 bits per heavy atom. The zero-order valence-electron chi connectivity index (χ0n) is 14.1. The number of nitrogens with zero attached hydrogens (tertiary/aromatic N) is 1. The van der Waals surface area contributed by atoms with Gasteiger partial charge >= 0.3 is 5.97 Å². The third-order valence-corrected chi connectivity index (χ3v) is 6.82. The van der Waals surface area contributed by atoms with Crippen molar-refractivity contribution in [1.29, 1.82) is 0 Å². The second-order valence-electron chi connectivity index (χ2n) is 6.80. The Bertz CT molecular complexity index is 753. The molecular formula is C14H22N4O6S2. The second kappa shape index (κ2) is 7.09. The summed E-state index contributed by atoms with van der Waals surface area (Å²) in [6.45, 7) is 2.30. The smallest absolute Gasteiger partial charge is 0.353 e. The first-order chi connectivity index (χ1) is 12.1. The number of carbonyl (C=O) groups is 2. The lowest BCUT2D eigenvalue weighted by atomic mass is 9.83. The molecule has 0 radical (unpaired) electrons. The molecule has 2 saturated heterocycles. The molecule has 146 valence electrons. The van der Waals surface area contributed by atoms with Crippen LogP contribution < -0.4 is 15.2 Å². The molecule has 12 heteroatoms. The van der Waals surface area contributed by atoms with Crippen molar-refractivity contribution in [2.24, 2.45) is 11.1 Å². The van der Waals surface area contributed by atoms with Crippen LogP contribution >= 0.6 is 11.8 Å². The van der Waals surface area contributed by atoms with Crippen LogP contribution in [0.4, 0.5) is 0 Å². The highest BCUT2D eigenvalue weighted by Crippen LogP contribution is 2.48. The molecule has 0 bridgehead atoms. The number of aliphatic hydroxyl groups is 1. The fourth-order valence-corrected chi connectivity index (χ4v) is 5.69. The summed E-state index contributed by atoms with van der Waals surface area (Å²) >= 11 is 1.40. The fraction of sp³-hybridized carbons (Fsp3) is 0.714. The molecule has 5 atom stereocenters. The van der Waals surface area contributed by atoms with Gasteiger partial charge in [-0.1, -0.05) is 0 Å². The number of rotatable bonds is 7. The minimum absolute atomic E-state index is 0.00742. The van der Waals surface area contributed by atoms with Gasteiger partial charge in [-0.2, -0.15) is 8.42 Å². The van der Waals surface area contributed by atoms with Crippen molar-refractivity contribution in [3.8, 4) is 0 Å². The van der Waals surface area contributed by atoms with Gasteiger partial charge in [0.05, 0.1) is 18.1 Å². The number of β-lactam (4-membered cyclic amide) rings is 1. The molecule has 0 aliphatic carbocycles. The molecule has 0 aromatic heterocycles. The number of nitrogens with two attached hydrogens (primary N) is 1. The number of aliphatic carboxylic acids is 1. The topological polar surface area (TPSA) is 162 Å². The molecule has 3 heterocycles. The molecule has 0 unspecified atom stereocenters. The molecule has 3 aliphatic rings. The van der Waals surface area contributed by atoms with Crippen LogP contribution in [0.1, 0.15) is 19.8 Å². The van der Waals surface area contributed by atoms with E-state index in [9.17, 15) is 28.2 Å². The van der Waals surface area contributed by atoms with Crippen LogP contribution in [0.25, 0.3) is 0 Å². The Morgan fingerprint density at radius 1 is 1.54 bits per heavy atom. The second-order valence-corrected chi connectivity index (χ2v) is 9.57. The first-order valence-corrected chi connectivity index (χ1v) is 10.7. The molecule has 2 fully saturated rings. The molecule has 0 spiro atoms. The van der Waals surface area contributed by atoms with Crippen LogP contribution in [0.15, 0.2) is 10.6 Å². The number of amides is 1. The highest BCUT2D eigenvalue weighted by Gasteiger charge is 2.57. The number of hydrogen-bond acceptors (Lipinski definition) is 7. The summed E-state index contributed by atoms with van der Waals surface area (Å²) in [6, 6.07) is -0.393. The van der Waals surface area contributed by atoms with E-state index in [2.05, 4.69) is 10.0 Å². The van der Waals surface area contributed by atoms with Crippen molar-refractivity contribution in [3.63, 3.8) is 0 Å². The van der Waals surface area contributed by atoms with Crippen molar-refractivity contribution >= 4 is 33.8 Å². The summed E-state index contributed by atoms with van der Waals surface area (Å²) < 4.78 is 24.2. The fourth-order valence-electron chi connectivity index (χ4n) is 3.78. The lowest BCUT2D eigenvalue weighted by Gasteiger charge is -2.44. The van der Waals surface area contributed by atoms with E-state index in [1.807, 2.05) is 0 Å². The third-order valence-electron chi connectivity index (χ3n) is 4.91. The molecule has 0 aromatic rings. The van der Waals surface area contributed by atoms with Crippen molar-refractivity contribution in [1.82, 2.24) is 14.9 Å². The first-order valence-electron chi connectivity index (χ1n) is 8.23. The van der Waals surface area contributed by atoms with Crippen molar-refractivity contribution in [3.05, 3.63) is 10.6 Å². The van der Waals surface area contributed by atoms with Crippen LogP contribution in [0, 0.1) is 5.92 Å². The third kappa shape index (κ3) is 3.75. The van der Waals surface area contributed by atoms with E-state index >= 15 is 0 Å². The number of nitrogens with one attached hydrogen (secondary N) is 2. The van der Waals surface area contributed by atoms with Gasteiger partial charge in [-0.3, -0.25) is 4.79 Å². The predicted octanol–water partition coefficient (Wildman–Crippen LogP) is -1.85. The standard InChI is InChI=1S/C14H22N4O6S2/c1-6(19)11-9-3-10(12(14(21)22)18(9)13(11)20)25-8-2-7(16-5-8)4-17-26(15,23)24/h6-9,11,16-17,19H,2-5H2,1H3,(H,21,22)(H2,15,23,24)/t6-,7+,8+,9-,11-/m1/s1. The number of thioether (sulfide) groups is 1. The number of carboxylic acid groups (broad SMARTS) is 1. The Kier molecular flexibility index (Phi) is 5.34. The van der Waals surface area contributed by atoms with E-state index < -0.39 is 28.2 Å². The molecule has 6 N–H and O–H groups in total. The predicted molar refractivity (Wildman–Crippen MR) is 94.0 cm³/mol. The van der Waals surface area contributed by atoms with Gasteiger partial charge in [-0.15, -0.1) is 11.8 Å². The van der Waals surface area contributed by atoms with Crippen LogP contribution in [-0.4, -0.2) is 71.9 Å². The zero-order chi connectivity index (χ0) is 19.2. The average molecular weight is 406 g/mol. The van der Waals surface area contributed by atoms with Gasteiger partial charge in [-0.25, -0.2) is 14.7 Å². The SMILES string of the molecule is C[C@@H](O)[C@H]1C(=O)N2C(C(=O)O)=C(S[C@@H]3CN[C@H](CNS(N)(=O)=O)C3)C[C@H]12. The van der Waals surface area contributed by atoms with Gasteiger partial charge in [0.1, 0.15) is 5.70 Å². The molecule has 3 aliphatic heterocycles. The molecule has 3 rings (SSSR count). The molecule has 1 amide bonds. The quantitative estimate of drug-likeness (QED) is 0.308. The Labute approximate surface area is 155 Å².